The molecular formula is C20H39NO. The Morgan fingerprint density at radius 1 is 1.09 bits per heavy atom. The molecule has 1 saturated carbocycles. The van der Waals surface area contributed by atoms with Crippen molar-refractivity contribution in [3.63, 3.8) is 0 Å². The largest absolute Gasteiger partial charge is 0.391 e. The lowest BCUT2D eigenvalue weighted by atomic mass is 9.68. The van der Waals surface area contributed by atoms with Crippen molar-refractivity contribution in [2.24, 2.45) is 23.7 Å². The van der Waals surface area contributed by atoms with Gasteiger partial charge < -0.3 is 10.4 Å². The van der Waals surface area contributed by atoms with Gasteiger partial charge in [0, 0.05) is 6.04 Å². The molecule has 22 heavy (non-hydrogen) atoms. The van der Waals surface area contributed by atoms with Crippen LogP contribution in [0.25, 0.3) is 0 Å². The molecule has 6 unspecified atom stereocenters. The Balaban J connectivity index is 1.80. The Morgan fingerprint density at radius 2 is 1.91 bits per heavy atom. The third kappa shape index (κ3) is 4.71. The molecule has 6 atom stereocenters. The molecule has 0 aromatic heterocycles. The molecule has 130 valence electrons. The number of unbranched alkanes of at least 4 members (excludes halogenated alkanes) is 1. The van der Waals surface area contributed by atoms with Gasteiger partial charge >= 0.3 is 0 Å². The Kier molecular flexibility index (Phi) is 7.70. The second-order valence-electron chi connectivity index (χ2n) is 8.09. The topological polar surface area (TPSA) is 32.3 Å². The summed E-state index contributed by atoms with van der Waals surface area (Å²) in [4.78, 5) is 0. The van der Waals surface area contributed by atoms with Crippen molar-refractivity contribution in [1.82, 2.24) is 5.32 Å². The predicted molar refractivity (Wildman–Crippen MR) is 94.9 cm³/mol. The average molecular weight is 310 g/mol. The molecule has 1 aliphatic carbocycles. The third-order valence-corrected chi connectivity index (χ3v) is 6.62. The summed E-state index contributed by atoms with van der Waals surface area (Å²) in [6.45, 7) is 8.14. The summed E-state index contributed by atoms with van der Waals surface area (Å²) in [6, 6.07) is 0.386. The first-order chi connectivity index (χ1) is 10.7. The van der Waals surface area contributed by atoms with Crippen LogP contribution in [0.1, 0.15) is 85.0 Å². The van der Waals surface area contributed by atoms with Crippen molar-refractivity contribution >= 4 is 0 Å². The Morgan fingerprint density at radius 3 is 2.64 bits per heavy atom. The van der Waals surface area contributed by atoms with Gasteiger partial charge in [0.15, 0.2) is 0 Å². The van der Waals surface area contributed by atoms with E-state index in [-0.39, 0.29) is 6.10 Å². The monoisotopic (exact) mass is 309 g/mol. The molecule has 2 fully saturated rings. The van der Waals surface area contributed by atoms with E-state index in [1.165, 1.54) is 64.2 Å². The van der Waals surface area contributed by atoms with Crippen molar-refractivity contribution in [2.75, 3.05) is 6.54 Å². The molecule has 2 rings (SSSR count). The van der Waals surface area contributed by atoms with Gasteiger partial charge in [0.1, 0.15) is 0 Å². The van der Waals surface area contributed by atoms with Crippen LogP contribution in [0, 0.1) is 23.7 Å². The van der Waals surface area contributed by atoms with E-state index in [2.05, 4.69) is 26.1 Å². The molecule has 0 spiro atoms. The zero-order valence-electron chi connectivity index (χ0n) is 15.2. The van der Waals surface area contributed by atoms with E-state index >= 15 is 0 Å². The maximum Gasteiger partial charge on any atom is 0.0726 e. The van der Waals surface area contributed by atoms with Crippen LogP contribution in [0.2, 0.25) is 0 Å². The first-order valence-electron chi connectivity index (χ1n) is 10.1. The minimum atomic E-state index is -0.107. The number of piperidine rings is 1. The molecule has 1 aliphatic heterocycles. The fraction of sp³-hybridized carbons (Fsp3) is 1.00. The highest BCUT2D eigenvalue weighted by atomic mass is 16.3. The lowest BCUT2D eigenvalue weighted by molar-refractivity contribution is -0.0253. The summed E-state index contributed by atoms with van der Waals surface area (Å²) in [5, 5.41) is 14.4. The summed E-state index contributed by atoms with van der Waals surface area (Å²) in [5.41, 5.74) is 0. The van der Waals surface area contributed by atoms with Crippen LogP contribution in [0.15, 0.2) is 0 Å². The van der Waals surface area contributed by atoms with Gasteiger partial charge in [0.25, 0.3) is 0 Å². The van der Waals surface area contributed by atoms with Crippen LogP contribution in [-0.4, -0.2) is 23.8 Å². The minimum absolute atomic E-state index is 0.107. The number of nitrogens with one attached hydrogen (secondary N) is 1. The second-order valence-corrected chi connectivity index (χ2v) is 8.09. The molecule has 2 heteroatoms. The van der Waals surface area contributed by atoms with E-state index in [0.717, 1.165) is 18.4 Å². The van der Waals surface area contributed by atoms with Gasteiger partial charge in [-0.05, 0) is 55.9 Å². The van der Waals surface area contributed by atoms with Gasteiger partial charge in [-0.1, -0.05) is 59.3 Å². The van der Waals surface area contributed by atoms with Gasteiger partial charge in [0.2, 0.25) is 0 Å². The smallest absolute Gasteiger partial charge is 0.0726 e. The fourth-order valence-electron chi connectivity index (χ4n) is 4.93. The van der Waals surface area contributed by atoms with Crippen LogP contribution in [-0.2, 0) is 0 Å². The van der Waals surface area contributed by atoms with E-state index in [4.69, 9.17) is 0 Å². The lowest BCUT2D eigenvalue weighted by Gasteiger charge is -2.45. The molecule has 0 aromatic carbocycles. The van der Waals surface area contributed by atoms with Gasteiger partial charge in [-0.25, -0.2) is 0 Å². The van der Waals surface area contributed by atoms with E-state index in [9.17, 15) is 5.11 Å². The van der Waals surface area contributed by atoms with Crippen LogP contribution < -0.4 is 5.32 Å². The maximum absolute atomic E-state index is 10.8. The summed E-state index contributed by atoms with van der Waals surface area (Å²) >= 11 is 0. The summed E-state index contributed by atoms with van der Waals surface area (Å²) in [7, 11) is 0. The molecule has 1 heterocycles. The Labute approximate surface area is 138 Å². The number of aliphatic hydroxyl groups is 1. The van der Waals surface area contributed by atoms with E-state index < -0.39 is 0 Å². The van der Waals surface area contributed by atoms with Crippen LogP contribution in [0.4, 0.5) is 0 Å². The molecule has 2 N–H and O–H groups in total. The Bertz CT molecular complexity index is 306. The molecule has 0 aromatic rings. The van der Waals surface area contributed by atoms with Gasteiger partial charge in [-0.15, -0.1) is 0 Å². The van der Waals surface area contributed by atoms with Gasteiger partial charge in [-0.2, -0.15) is 0 Å². The summed E-state index contributed by atoms with van der Waals surface area (Å²) in [5.74, 6) is 2.84. The third-order valence-electron chi connectivity index (χ3n) is 6.62. The van der Waals surface area contributed by atoms with Crippen molar-refractivity contribution in [1.29, 1.82) is 0 Å². The second kappa shape index (κ2) is 9.27. The van der Waals surface area contributed by atoms with E-state index in [1.54, 1.807) is 0 Å². The molecule has 0 radical (unpaired) electrons. The van der Waals surface area contributed by atoms with Gasteiger partial charge in [0.05, 0.1) is 6.10 Å². The minimum Gasteiger partial charge on any atom is -0.391 e. The number of fused-ring (bicyclic) bond motifs is 1. The summed E-state index contributed by atoms with van der Waals surface area (Å²) in [6.07, 6.45) is 13.2. The fourth-order valence-corrected chi connectivity index (χ4v) is 4.93. The molecule has 0 amide bonds. The first-order valence-corrected chi connectivity index (χ1v) is 10.1. The van der Waals surface area contributed by atoms with Gasteiger partial charge in [-0.3, -0.25) is 0 Å². The van der Waals surface area contributed by atoms with Crippen molar-refractivity contribution in [3.8, 4) is 0 Å². The van der Waals surface area contributed by atoms with E-state index in [0.29, 0.717) is 17.9 Å². The number of hydrogen-bond donors (Lipinski definition) is 2. The highest BCUT2D eigenvalue weighted by molar-refractivity contribution is 4.95. The maximum atomic E-state index is 10.8. The van der Waals surface area contributed by atoms with Crippen LogP contribution in [0.5, 0.6) is 0 Å². The van der Waals surface area contributed by atoms with Crippen molar-refractivity contribution in [3.05, 3.63) is 0 Å². The van der Waals surface area contributed by atoms with Crippen LogP contribution in [0.3, 0.4) is 0 Å². The lowest BCUT2D eigenvalue weighted by Crippen LogP contribution is -2.55. The molecule has 1 saturated heterocycles. The standard InChI is InChI=1S/C20H39NO/c1-4-6-8-16(5-2)11-10-15(3)18-13-12-17-9-7-14-21-19(17)20(18)22/h15-22H,4-14H2,1-3H3. The first kappa shape index (κ1) is 18.3. The molecular weight excluding hydrogens is 270 g/mol. The molecule has 2 nitrogen and oxygen atoms in total. The zero-order chi connectivity index (χ0) is 15.9. The van der Waals surface area contributed by atoms with Crippen molar-refractivity contribution in [2.45, 2.75) is 97.1 Å². The average Bonchev–Trinajstić information content (AvgIpc) is 2.55. The Hall–Kier alpha value is -0.0800. The van der Waals surface area contributed by atoms with Crippen molar-refractivity contribution < 1.29 is 5.11 Å². The SMILES string of the molecule is CCCCC(CC)CCC(C)C1CCC2CCCNC2C1O. The number of hydrogen-bond acceptors (Lipinski definition) is 2. The zero-order valence-corrected chi connectivity index (χ0v) is 15.2. The highest BCUT2D eigenvalue weighted by Gasteiger charge is 2.41. The predicted octanol–water partition coefficient (Wildman–Crippen LogP) is 4.76. The number of aliphatic hydroxyl groups excluding tert-OH is 1. The quantitative estimate of drug-likeness (QED) is 0.677. The highest BCUT2D eigenvalue weighted by Crippen LogP contribution is 2.39. The normalized spacial score (nSPS) is 34.9. The number of rotatable bonds is 8. The van der Waals surface area contributed by atoms with Crippen LogP contribution >= 0.6 is 0 Å². The van der Waals surface area contributed by atoms with E-state index in [1.807, 2.05) is 0 Å². The molecule has 0 bridgehead atoms. The summed E-state index contributed by atoms with van der Waals surface area (Å²) < 4.78 is 0. The molecule has 2 aliphatic rings.